The lowest BCUT2D eigenvalue weighted by atomic mass is 10.3. The van der Waals surface area contributed by atoms with Crippen LogP contribution >= 0.6 is 23.1 Å². The van der Waals surface area contributed by atoms with Crippen LogP contribution in [0.2, 0.25) is 0 Å². The molecule has 0 aromatic carbocycles. The van der Waals surface area contributed by atoms with Crippen molar-refractivity contribution >= 4 is 28.9 Å². The van der Waals surface area contributed by atoms with E-state index in [1.165, 1.54) is 23.1 Å². The lowest BCUT2D eigenvalue weighted by Gasteiger charge is -2.02. The lowest BCUT2D eigenvalue weighted by molar-refractivity contribution is 0.915. The molecule has 2 heterocycles. The van der Waals surface area contributed by atoms with Crippen LogP contribution in [0.15, 0.2) is 21.1 Å². The predicted molar refractivity (Wildman–Crippen MR) is 61.8 cm³/mol. The molecule has 0 aliphatic rings. The van der Waals surface area contributed by atoms with Gasteiger partial charge in [-0.3, -0.25) is 5.41 Å². The number of nitrogens with one attached hydrogen (secondary N) is 1. The van der Waals surface area contributed by atoms with Gasteiger partial charge in [0.15, 0.2) is 9.50 Å². The average Bonchev–Trinajstić information content (AvgIpc) is 2.69. The van der Waals surface area contributed by atoms with Gasteiger partial charge in [-0.15, -0.1) is 10.2 Å². The Hall–Kier alpha value is -1.54. The highest BCUT2D eigenvalue weighted by Gasteiger charge is 2.08. The van der Waals surface area contributed by atoms with Gasteiger partial charge in [-0.1, -0.05) is 11.3 Å². The third-order valence-electron chi connectivity index (χ3n) is 1.63. The summed E-state index contributed by atoms with van der Waals surface area (Å²) in [5, 5.41) is 15.5. The molecule has 2 rings (SSSR count). The maximum Gasteiger partial charge on any atom is 0.195 e. The monoisotopic (exact) mass is 252 g/mol. The first-order valence-corrected chi connectivity index (χ1v) is 5.99. The summed E-state index contributed by atoms with van der Waals surface area (Å²) in [4.78, 5) is 8.38. The van der Waals surface area contributed by atoms with Crippen molar-refractivity contribution in [1.29, 1.82) is 5.41 Å². The van der Waals surface area contributed by atoms with Crippen LogP contribution in [-0.2, 0) is 0 Å². The molecule has 3 N–H and O–H groups in total. The molecule has 82 valence electrons. The van der Waals surface area contributed by atoms with E-state index in [-0.39, 0.29) is 5.84 Å². The van der Waals surface area contributed by atoms with Gasteiger partial charge in [-0.2, -0.15) is 0 Å². The second-order valence-electron chi connectivity index (χ2n) is 2.90. The molecule has 6 nitrogen and oxygen atoms in total. The smallest absolute Gasteiger partial charge is 0.195 e. The van der Waals surface area contributed by atoms with Gasteiger partial charge in [0, 0.05) is 5.69 Å². The summed E-state index contributed by atoms with van der Waals surface area (Å²) in [5.41, 5.74) is 8.23. The molecule has 0 atom stereocenters. The summed E-state index contributed by atoms with van der Waals surface area (Å²) < 4.78 is 0.764. The van der Waals surface area contributed by atoms with Gasteiger partial charge in [-0.05, 0) is 24.8 Å². The van der Waals surface area contributed by atoms with Gasteiger partial charge >= 0.3 is 0 Å². The molecule has 0 unspecified atom stereocenters. The Morgan fingerprint density at radius 2 is 2.31 bits per heavy atom. The van der Waals surface area contributed by atoms with Crippen molar-refractivity contribution in [2.24, 2.45) is 5.73 Å². The number of nitrogens with zero attached hydrogens (tertiary/aromatic N) is 4. The molecule has 0 saturated heterocycles. The van der Waals surface area contributed by atoms with Gasteiger partial charge in [0.25, 0.3) is 0 Å². The second kappa shape index (κ2) is 4.54. The standard InChI is InChI=1S/C8H8N6S2/c1-4-2-5(6(9)10)13-7(12-4)16-8-14-11-3-15-8/h2-3H,1H3,(H3,9,10). The van der Waals surface area contributed by atoms with Crippen LogP contribution in [0, 0.1) is 12.3 Å². The first-order chi connectivity index (χ1) is 7.65. The third-order valence-corrected chi connectivity index (χ3v) is 3.27. The zero-order valence-electron chi connectivity index (χ0n) is 8.34. The zero-order chi connectivity index (χ0) is 11.5. The van der Waals surface area contributed by atoms with E-state index >= 15 is 0 Å². The summed E-state index contributed by atoms with van der Waals surface area (Å²) in [6.07, 6.45) is 0. The van der Waals surface area contributed by atoms with E-state index in [2.05, 4.69) is 20.2 Å². The Kier molecular flexibility index (Phi) is 3.11. The third kappa shape index (κ3) is 2.52. The van der Waals surface area contributed by atoms with E-state index in [4.69, 9.17) is 11.1 Å². The van der Waals surface area contributed by atoms with E-state index in [9.17, 15) is 0 Å². The van der Waals surface area contributed by atoms with Crippen LogP contribution in [0.25, 0.3) is 0 Å². The minimum absolute atomic E-state index is 0.0652. The quantitative estimate of drug-likeness (QED) is 0.481. The highest BCUT2D eigenvalue weighted by atomic mass is 32.2. The molecule has 0 aliphatic heterocycles. The first-order valence-electron chi connectivity index (χ1n) is 4.29. The summed E-state index contributed by atoms with van der Waals surface area (Å²) in [7, 11) is 0. The number of amidine groups is 1. The van der Waals surface area contributed by atoms with Crippen LogP contribution in [0.1, 0.15) is 11.4 Å². The van der Waals surface area contributed by atoms with Crippen LogP contribution in [0.5, 0.6) is 0 Å². The molecular weight excluding hydrogens is 244 g/mol. The Bertz CT molecular complexity index is 509. The maximum atomic E-state index is 7.33. The summed E-state index contributed by atoms with van der Waals surface area (Å²) in [6.45, 7) is 1.83. The van der Waals surface area contributed by atoms with Crippen molar-refractivity contribution in [3.05, 3.63) is 23.0 Å². The topological polar surface area (TPSA) is 101 Å². The summed E-state index contributed by atoms with van der Waals surface area (Å²) in [5.74, 6) is -0.0652. The Balaban J connectivity index is 2.31. The average molecular weight is 252 g/mol. The van der Waals surface area contributed by atoms with Crippen molar-refractivity contribution < 1.29 is 0 Å². The number of nitrogens with two attached hydrogens (primary N) is 1. The Morgan fingerprint density at radius 3 is 2.94 bits per heavy atom. The van der Waals surface area contributed by atoms with Crippen LogP contribution in [0.3, 0.4) is 0 Å². The number of aromatic nitrogens is 4. The van der Waals surface area contributed by atoms with Crippen molar-refractivity contribution in [2.75, 3.05) is 0 Å². The predicted octanol–water partition coefficient (Wildman–Crippen LogP) is 1.07. The molecule has 0 fully saturated rings. The molecule has 2 aromatic rings. The number of hydrogen-bond donors (Lipinski definition) is 2. The maximum absolute atomic E-state index is 7.33. The van der Waals surface area contributed by atoms with E-state index in [0.717, 1.165) is 10.0 Å². The molecule has 2 aromatic heterocycles. The molecule has 0 aliphatic carbocycles. The van der Waals surface area contributed by atoms with Crippen molar-refractivity contribution in [1.82, 2.24) is 20.2 Å². The molecule has 8 heteroatoms. The molecule has 0 bridgehead atoms. The molecular formula is C8H8N6S2. The number of hydrogen-bond acceptors (Lipinski definition) is 7. The number of rotatable bonds is 3. The fraction of sp³-hybridized carbons (Fsp3) is 0.125. The number of nitrogen functional groups attached to an aromatic ring is 1. The van der Waals surface area contributed by atoms with E-state index < -0.39 is 0 Å². The van der Waals surface area contributed by atoms with Crippen molar-refractivity contribution in [3.63, 3.8) is 0 Å². The second-order valence-corrected chi connectivity index (χ2v) is 4.95. The van der Waals surface area contributed by atoms with E-state index in [1.807, 2.05) is 6.92 Å². The molecule has 0 amide bonds. The van der Waals surface area contributed by atoms with Crippen molar-refractivity contribution in [3.8, 4) is 0 Å². The van der Waals surface area contributed by atoms with Gasteiger partial charge in [0.2, 0.25) is 0 Å². The van der Waals surface area contributed by atoms with Crippen LogP contribution < -0.4 is 5.73 Å². The Morgan fingerprint density at radius 1 is 1.50 bits per heavy atom. The fourth-order valence-electron chi connectivity index (χ4n) is 1.01. The normalized spacial score (nSPS) is 10.3. The largest absolute Gasteiger partial charge is 0.382 e. The van der Waals surface area contributed by atoms with E-state index in [1.54, 1.807) is 11.6 Å². The minimum Gasteiger partial charge on any atom is -0.382 e. The molecule has 0 radical (unpaired) electrons. The summed E-state index contributed by atoms with van der Waals surface area (Å²) in [6, 6.07) is 1.67. The fourth-order valence-corrected chi connectivity index (χ4v) is 2.41. The highest BCUT2D eigenvalue weighted by Crippen LogP contribution is 2.25. The van der Waals surface area contributed by atoms with Crippen molar-refractivity contribution in [2.45, 2.75) is 16.4 Å². The highest BCUT2D eigenvalue weighted by molar-refractivity contribution is 8.00. The first kappa shape index (κ1) is 11.0. The van der Waals surface area contributed by atoms with Gasteiger partial charge in [-0.25, -0.2) is 9.97 Å². The summed E-state index contributed by atoms with van der Waals surface area (Å²) >= 11 is 2.72. The Labute approximate surface area is 99.9 Å². The van der Waals surface area contributed by atoms with Gasteiger partial charge in [0.05, 0.1) is 0 Å². The molecule has 16 heavy (non-hydrogen) atoms. The van der Waals surface area contributed by atoms with Crippen LogP contribution in [0.4, 0.5) is 0 Å². The van der Waals surface area contributed by atoms with Gasteiger partial charge < -0.3 is 5.73 Å². The zero-order valence-corrected chi connectivity index (χ0v) is 9.97. The van der Waals surface area contributed by atoms with Gasteiger partial charge in [0.1, 0.15) is 17.0 Å². The lowest BCUT2D eigenvalue weighted by Crippen LogP contribution is -2.14. The SMILES string of the molecule is Cc1cc(C(=N)N)nc(Sc2nncs2)n1. The number of aryl methyl sites for hydroxylation is 1. The molecule has 0 spiro atoms. The van der Waals surface area contributed by atoms with E-state index in [0.29, 0.717) is 10.9 Å². The minimum atomic E-state index is -0.0652. The van der Waals surface area contributed by atoms with Crippen LogP contribution in [-0.4, -0.2) is 26.0 Å². The molecule has 0 saturated carbocycles.